The van der Waals surface area contributed by atoms with E-state index in [0.29, 0.717) is 25.9 Å². The number of rotatable bonds is 79. The molecule has 0 aliphatic carbocycles. The van der Waals surface area contributed by atoms with Crippen LogP contribution in [-0.4, -0.2) is 47.4 Å². The van der Waals surface area contributed by atoms with E-state index in [9.17, 15) is 19.8 Å². The average molecular weight is 1240 g/mol. The van der Waals surface area contributed by atoms with Gasteiger partial charge in [-0.05, 0) is 25.7 Å². The SMILES string of the molecule is CCCCCCCCCCCCCCCCCCCCCCCCCC(O)C(CO)NC(=O)CCCCCCCCCCCCCCCCCCCCCCCCCCCCCCCOC(=O)CCCCCCCCCCCCCCCCCCCCC. The first-order chi connectivity index (χ1) is 43.5. The van der Waals surface area contributed by atoms with Crippen molar-refractivity contribution in [1.29, 1.82) is 0 Å². The Balaban J connectivity index is 3.32. The third-order valence-corrected chi connectivity index (χ3v) is 19.9. The minimum Gasteiger partial charge on any atom is -0.466 e. The van der Waals surface area contributed by atoms with Gasteiger partial charge in [0.1, 0.15) is 0 Å². The lowest BCUT2D eigenvalue weighted by molar-refractivity contribution is -0.143. The monoisotopic (exact) mass is 1240 g/mol. The molecule has 0 saturated carbocycles. The van der Waals surface area contributed by atoms with Crippen LogP contribution < -0.4 is 5.32 Å². The summed E-state index contributed by atoms with van der Waals surface area (Å²) < 4.78 is 5.52. The molecule has 2 atom stereocenters. The number of carbonyl (C=O) groups is 2. The van der Waals surface area contributed by atoms with E-state index in [2.05, 4.69) is 19.2 Å². The number of aliphatic hydroxyl groups excluding tert-OH is 2. The van der Waals surface area contributed by atoms with Crippen molar-refractivity contribution in [2.75, 3.05) is 13.2 Å². The molecule has 0 heterocycles. The van der Waals surface area contributed by atoms with Gasteiger partial charge in [0.2, 0.25) is 5.91 Å². The lowest BCUT2D eigenvalue weighted by Crippen LogP contribution is -2.45. The van der Waals surface area contributed by atoms with Crippen molar-refractivity contribution in [2.45, 2.75) is 501 Å². The fourth-order valence-electron chi connectivity index (χ4n) is 13.6. The van der Waals surface area contributed by atoms with Crippen LogP contribution in [0.1, 0.15) is 489 Å². The molecule has 6 nitrogen and oxygen atoms in total. The van der Waals surface area contributed by atoms with Crippen molar-refractivity contribution < 1.29 is 24.5 Å². The van der Waals surface area contributed by atoms with Crippen LogP contribution in [0.25, 0.3) is 0 Å². The molecule has 0 saturated heterocycles. The summed E-state index contributed by atoms with van der Waals surface area (Å²) in [5.74, 6) is 0.00138. The molecule has 88 heavy (non-hydrogen) atoms. The van der Waals surface area contributed by atoms with Gasteiger partial charge in [0.25, 0.3) is 0 Å². The number of aliphatic hydroxyl groups is 2. The number of esters is 1. The minimum absolute atomic E-state index is 0.0247. The zero-order valence-electron chi connectivity index (χ0n) is 60.5. The Kier molecular flexibility index (Phi) is 77.3. The van der Waals surface area contributed by atoms with Gasteiger partial charge < -0.3 is 20.3 Å². The Bertz CT molecular complexity index is 1290. The predicted octanol–water partition coefficient (Wildman–Crippen LogP) is 27.3. The fraction of sp³-hybridized carbons (Fsp3) is 0.976. The van der Waals surface area contributed by atoms with E-state index < -0.39 is 12.1 Å². The molecule has 3 N–H and O–H groups in total. The van der Waals surface area contributed by atoms with Crippen molar-refractivity contribution in [1.82, 2.24) is 5.32 Å². The van der Waals surface area contributed by atoms with Gasteiger partial charge in [0.05, 0.1) is 25.4 Å². The molecule has 0 aliphatic heterocycles. The Hall–Kier alpha value is -1.14. The molecule has 0 fully saturated rings. The standard InChI is InChI=1S/C82H163NO5/c1-3-5-7-9-11-13-15-17-19-21-23-24-32-35-39-42-46-50-54-58-62-66-70-74-80(85)79(78-84)83-81(86)75-71-67-63-59-55-51-47-43-40-36-33-30-28-26-25-27-29-31-34-37-41-45-49-53-57-61-65-69-73-77-88-82(87)76-72-68-64-60-56-52-48-44-38-22-20-18-16-14-12-10-8-6-4-2/h79-80,84-85H,3-78H2,1-2H3,(H,83,86). The molecular weight excluding hydrogens is 1080 g/mol. The summed E-state index contributed by atoms with van der Waals surface area (Å²) in [7, 11) is 0. The summed E-state index contributed by atoms with van der Waals surface area (Å²) in [5, 5.41) is 23.5. The normalized spacial score (nSPS) is 12.4. The Morgan fingerprint density at radius 1 is 0.273 bits per heavy atom. The highest BCUT2D eigenvalue weighted by molar-refractivity contribution is 5.76. The van der Waals surface area contributed by atoms with E-state index in [0.717, 1.165) is 38.5 Å². The molecule has 0 aromatic carbocycles. The van der Waals surface area contributed by atoms with E-state index in [1.54, 1.807) is 0 Å². The van der Waals surface area contributed by atoms with Gasteiger partial charge >= 0.3 is 5.97 Å². The molecule has 2 unspecified atom stereocenters. The van der Waals surface area contributed by atoms with Crippen molar-refractivity contribution in [3.05, 3.63) is 0 Å². The highest BCUT2D eigenvalue weighted by Crippen LogP contribution is 2.21. The van der Waals surface area contributed by atoms with Crippen LogP contribution in [0, 0.1) is 0 Å². The molecule has 0 radical (unpaired) electrons. The first-order valence-electron chi connectivity index (χ1n) is 41.3. The summed E-state index contributed by atoms with van der Waals surface area (Å²) in [6.07, 6.45) is 97.8. The first kappa shape index (κ1) is 86.9. The molecule has 0 rings (SSSR count). The van der Waals surface area contributed by atoms with Gasteiger partial charge in [-0.2, -0.15) is 0 Å². The lowest BCUT2D eigenvalue weighted by Gasteiger charge is -2.22. The second-order valence-corrected chi connectivity index (χ2v) is 28.8. The Morgan fingerprint density at radius 2 is 0.466 bits per heavy atom. The minimum atomic E-state index is -0.662. The second-order valence-electron chi connectivity index (χ2n) is 28.8. The number of carbonyl (C=O) groups excluding carboxylic acids is 2. The number of nitrogens with one attached hydrogen (secondary N) is 1. The maximum atomic E-state index is 12.6. The maximum Gasteiger partial charge on any atom is 0.305 e. The topological polar surface area (TPSA) is 95.9 Å². The van der Waals surface area contributed by atoms with Crippen molar-refractivity contribution in [3.63, 3.8) is 0 Å². The number of amides is 1. The zero-order valence-corrected chi connectivity index (χ0v) is 60.5. The van der Waals surface area contributed by atoms with E-state index in [4.69, 9.17) is 4.74 Å². The molecule has 6 heteroatoms. The van der Waals surface area contributed by atoms with E-state index in [-0.39, 0.29) is 18.5 Å². The molecular formula is C82H163NO5. The third-order valence-electron chi connectivity index (χ3n) is 19.9. The second kappa shape index (κ2) is 78.3. The van der Waals surface area contributed by atoms with Gasteiger partial charge in [0.15, 0.2) is 0 Å². The summed E-state index contributed by atoms with van der Waals surface area (Å²) in [5.41, 5.74) is 0. The van der Waals surface area contributed by atoms with Crippen LogP contribution in [0.15, 0.2) is 0 Å². The van der Waals surface area contributed by atoms with Crippen LogP contribution in [0.2, 0.25) is 0 Å². The molecule has 0 aromatic rings. The van der Waals surface area contributed by atoms with E-state index in [1.807, 2.05) is 0 Å². The number of ether oxygens (including phenoxy) is 1. The molecule has 0 spiro atoms. The van der Waals surface area contributed by atoms with Gasteiger partial charge in [-0.25, -0.2) is 0 Å². The summed E-state index contributed by atoms with van der Waals surface area (Å²) in [4.78, 5) is 24.7. The van der Waals surface area contributed by atoms with Gasteiger partial charge in [-0.1, -0.05) is 450 Å². The Morgan fingerprint density at radius 3 is 0.693 bits per heavy atom. The highest BCUT2D eigenvalue weighted by atomic mass is 16.5. The predicted molar refractivity (Wildman–Crippen MR) is 389 cm³/mol. The zero-order chi connectivity index (χ0) is 63.5. The summed E-state index contributed by atoms with van der Waals surface area (Å²) in [6, 6.07) is -0.539. The smallest absolute Gasteiger partial charge is 0.305 e. The average Bonchev–Trinajstić information content (AvgIpc) is 3.57. The Labute approximate surface area is 553 Å². The van der Waals surface area contributed by atoms with Gasteiger partial charge in [0, 0.05) is 12.8 Å². The first-order valence-corrected chi connectivity index (χ1v) is 41.3. The summed E-state index contributed by atoms with van der Waals surface area (Å²) >= 11 is 0. The largest absolute Gasteiger partial charge is 0.466 e. The number of hydrogen-bond donors (Lipinski definition) is 3. The van der Waals surface area contributed by atoms with Crippen molar-refractivity contribution in [3.8, 4) is 0 Å². The fourth-order valence-corrected chi connectivity index (χ4v) is 13.6. The number of unbranched alkanes of at least 4 members (excludes halogenated alkanes) is 68. The summed E-state index contributed by atoms with van der Waals surface area (Å²) in [6.45, 7) is 5.03. The van der Waals surface area contributed by atoms with Gasteiger partial charge in [-0.3, -0.25) is 9.59 Å². The highest BCUT2D eigenvalue weighted by Gasteiger charge is 2.20. The van der Waals surface area contributed by atoms with Crippen LogP contribution in [0.4, 0.5) is 0 Å². The van der Waals surface area contributed by atoms with Crippen LogP contribution in [-0.2, 0) is 14.3 Å². The van der Waals surface area contributed by atoms with E-state index >= 15 is 0 Å². The maximum absolute atomic E-state index is 12.6. The van der Waals surface area contributed by atoms with Crippen LogP contribution >= 0.6 is 0 Å². The number of hydrogen-bond acceptors (Lipinski definition) is 5. The molecule has 0 bridgehead atoms. The van der Waals surface area contributed by atoms with Crippen molar-refractivity contribution >= 4 is 11.9 Å². The van der Waals surface area contributed by atoms with Crippen molar-refractivity contribution in [2.24, 2.45) is 0 Å². The quantitative estimate of drug-likeness (QED) is 0.0417. The molecule has 1 amide bonds. The molecule has 526 valence electrons. The van der Waals surface area contributed by atoms with Gasteiger partial charge in [-0.15, -0.1) is 0 Å². The van der Waals surface area contributed by atoms with E-state index in [1.165, 1.54) is 417 Å². The lowest BCUT2D eigenvalue weighted by atomic mass is 10.0. The van der Waals surface area contributed by atoms with Crippen LogP contribution in [0.3, 0.4) is 0 Å². The molecule has 0 aliphatic rings. The molecule has 0 aromatic heterocycles. The third kappa shape index (κ3) is 73.9. The van der Waals surface area contributed by atoms with Crippen LogP contribution in [0.5, 0.6) is 0 Å².